The molecule has 0 aliphatic carbocycles. The zero-order valence-electron chi connectivity index (χ0n) is 11.2. The number of carbonyl (C=O) groups is 3. The number of nitrogens with one attached hydrogen (secondary N) is 1. The number of carbonyl (C=O) groups excluding carboxylic acids is 2. The Bertz CT molecular complexity index is 549. The van der Waals surface area contributed by atoms with E-state index in [1.807, 2.05) is 6.07 Å². The molecule has 112 valence electrons. The van der Waals surface area contributed by atoms with E-state index in [2.05, 4.69) is 5.32 Å². The number of benzene rings is 1. The predicted molar refractivity (Wildman–Crippen MR) is 76.3 cm³/mol. The molecule has 2 rings (SSSR count). The zero-order chi connectivity index (χ0) is 15.4. The van der Waals surface area contributed by atoms with Crippen molar-refractivity contribution in [2.75, 3.05) is 6.54 Å². The van der Waals surface area contributed by atoms with Crippen LogP contribution in [0, 0.1) is 0 Å². The number of halogens is 1. The predicted octanol–water partition coefficient (Wildman–Crippen LogP) is 1.69. The summed E-state index contributed by atoms with van der Waals surface area (Å²) in [4.78, 5) is 35.5. The summed E-state index contributed by atoms with van der Waals surface area (Å²) in [6.07, 6.45) is 0.740. The highest BCUT2D eigenvalue weighted by atomic mass is 35.5. The van der Waals surface area contributed by atoms with E-state index in [9.17, 15) is 14.4 Å². The lowest BCUT2D eigenvalue weighted by atomic mass is 9.98. The van der Waals surface area contributed by atoms with Gasteiger partial charge in [-0.15, -0.1) is 0 Å². The van der Waals surface area contributed by atoms with Crippen molar-refractivity contribution >= 4 is 28.8 Å². The Labute approximate surface area is 126 Å². The summed E-state index contributed by atoms with van der Waals surface area (Å²) in [7, 11) is 0. The van der Waals surface area contributed by atoms with Crippen LogP contribution in [0.2, 0.25) is 0 Å². The van der Waals surface area contributed by atoms with E-state index in [0.29, 0.717) is 12.0 Å². The Morgan fingerprint density at radius 2 is 1.86 bits per heavy atom. The average Bonchev–Trinajstić information content (AvgIpc) is 2.47. The number of hydrogen-bond donors (Lipinski definition) is 2. The van der Waals surface area contributed by atoms with Crippen LogP contribution in [-0.2, 0) is 4.79 Å². The number of piperidine rings is 1. The van der Waals surface area contributed by atoms with Gasteiger partial charge in [0.2, 0.25) is 0 Å². The van der Waals surface area contributed by atoms with Gasteiger partial charge in [-0.05, 0) is 36.6 Å². The molecule has 0 spiro atoms. The zero-order valence-corrected chi connectivity index (χ0v) is 11.9. The fraction of sp³-hybridized carbons (Fsp3) is 0.357. The Morgan fingerprint density at radius 1 is 1.19 bits per heavy atom. The third kappa shape index (κ3) is 3.72. The number of aliphatic carboxylic acids is 1. The number of rotatable bonds is 3. The first-order valence-corrected chi connectivity index (χ1v) is 6.91. The summed E-state index contributed by atoms with van der Waals surface area (Å²) in [6, 6.07) is 7.44. The SMILES string of the molecule is O=C(NC1CCC(C(=O)O)N(C(=O)Cl)C1)c1ccccc1. The highest BCUT2D eigenvalue weighted by molar-refractivity contribution is 6.63. The highest BCUT2D eigenvalue weighted by Crippen LogP contribution is 2.20. The molecule has 1 aromatic carbocycles. The largest absolute Gasteiger partial charge is 0.480 e. The summed E-state index contributed by atoms with van der Waals surface area (Å²) in [5, 5.41) is 11.0. The molecule has 2 unspecified atom stereocenters. The van der Waals surface area contributed by atoms with Gasteiger partial charge in [0.25, 0.3) is 5.91 Å². The van der Waals surface area contributed by atoms with Gasteiger partial charge < -0.3 is 15.3 Å². The monoisotopic (exact) mass is 310 g/mol. The van der Waals surface area contributed by atoms with Crippen LogP contribution in [0.25, 0.3) is 0 Å². The molecule has 7 heteroatoms. The normalized spacial score (nSPS) is 21.7. The smallest absolute Gasteiger partial charge is 0.326 e. The lowest BCUT2D eigenvalue weighted by molar-refractivity contribution is -0.143. The van der Waals surface area contributed by atoms with Crippen LogP contribution in [0.15, 0.2) is 30.3 Å². The van der Waals surface area contributed by atoms with E-state index in [-0.39, 0.29) is 24.9 Å². The van der Waals surface area contributed by atoms with Crippen molar-refractivity contribution in [3.8, 4) is 0 Å². The lowest BCUT2D eigenvalue weighted by Gasteiger charge is -2.36. The fourth-order valence-electron chi connectivity index (χ4n) is 2.40. The minimum atomic E-state index is -1.09. The molecule has 2 N–H and O–H groups in total. The van der Waals surface area contributed by atoms with Crippen molar-refractivity contribution in [2.24, 2.45) is 0 Å². The second-order valence-corrected chi connectivity index (χ2v) is 5.20. The van der Waals surface area contributed by atoms with Crippen LogP contribution in [0.5, 0.6) is 0 Å². The molecule has 6 nitrogen and oxygen atoms in total. The van der Waals surface area contributed by atoms with Crippen LogP contribution >= 0.6 is 11.6 Å². The topological polar surface area (TPSA) is 86.7 Å². The number of hydrogen-bond acceptors (Lipinski definition) is 3. The van der Waals surface area contributed by atoms with E-state index in [1.165, 1.54) is 0 Å². The molecule has 2 atom stereocenters. The van der Waals surface area contributed by atoms with Crippen molar-refractivity contribution in [3.63, 3.8) is 0 Å². The molecule has 0 radical (unpaired) electrons. The first kappa shape index (κ1) is 15.3. The molecule has 0 aromatic heterocycles. The fourth-order valence-corrected chi connectivity index (χ4v) is 2.58. The van der Waals surface area contributed by atoms with Gasteiger partial charge in [-0.3, -0.25) is 9.59 Å². The maximum Gasteiger partial charge on any atom is 0.326 e. The highest BCUT2D eigenvalue weighted by Gasteiger charge is 2.35. The third-order valence-corrected chi connectivity index (χ3v) is 3.68. The Kier molecular flexibility index (Phi) is 4.80. The van der Waals surface area contributed by atoms with Crippen LogP contribution in [0.1, 0.15) is 23.2 Å². The molecule has 0 bridgehead atoms. The quantitative estimate of drug-likeness (QED) is 0.657. The van der Waals surface area contributed by atoms with Gasteiger partial charge in [-0.1, -0.05) is 18.2 Å². The molecular formula is C14H15ClN2O4. The first-order valence-electron chi connectivity index (χ1n) is 6.54. The molecule has 1 fully saturated rings. The third-order valence-electron chi connectivity index (χ3n) is 3.46. The standard InChI is InChI=1S/C14H15ClN2O4/c15-14(21)17-8-10(6-7-11(17)13(19)20)16-12(18)9-4-2-1-3-5-9/h1-5,10-11H,6-8H2,(H,16,18)(H,19,20). The van der Waals surface area contributed by atoms with Crippen LogP contribution in [0.4, 0.5) is 4.79 Å². The van der Waals surface area contributed by atoms with Crippen molar-refractivity contribution in [2.45, 2.75) is 24.9 Å². The number of nitrogens with zero attached hydrogens (tertiary/aromatic N) is 1. The van der Waals surface area contributed by atoms with E-state index in [1.54, 1.807) is 24.3 Å². The van der Waals surface area contributed by atoms with E-state index in [4.69, 9.17) is 16.7 Å². The van der Waals surface area contributed by atoms with Gasteiger partial charge in [0.15, 0.2) is 0 Å². The maximum atomic E-state index is 12.0. The van der Waals surface area contributed by atoms with E-state index < -0.39 is 17.4 Å². The van der Waals surface area contributed by atoms with Crippen LogP contribution < -0.4 is 5.32 Å². The van der Waals surface area contributed by atoms with Gasteiger partial charge in [-0.25, -0.2) is 4.79 Å². The number of amides is 2. The van der Waals surface area contributed by atoms with E-state index >= 15 is 0 Å². The summed E-state index contributed by atoms with van der Waals surface area (Å²) < 4.78 is 0. The van der Waals surface area contributed by atoms with Crippen molar-refractivity contribution in [1.29, 1.82) is 0 Å². The van der Waals surface area contributed by atoms with Gasteiger partial charge >= 0.3 is 11.3 Å². The summed E-state index contributed by atoms with van der Waals surface area (Å²) in [5.74, 6) is -1.34. The molecule has 1 saturated heterocycles. The number of likely N-dealkylation sites (tertiary alicyclic amines) is 1. The summed E-state index contributed by atoms with van der Waals surface area (Å²) in [6.45, 7) is 0.0951. The molecular weight excluding hydrogens is 296 g/mol. The molecule has 0 saturated carbocycles. The number of carboxylic acids is 1. The van der Waals surface area contributed by atoms with Crippen LogP contribution in [-0.4, -0.2) is 45.9 Å². The Balaban J connectivity index is 2.01. The summed E-state index contributed by atoms with van der Waals surface area (Å²) >= 11 is 5.43. The Morgan fingerprint density at radius 3 is 2.43 bits per heavy atom. The molecule has 1 aliphatic rings. The van der Waals surface area contributed by atoms with Gasteiger partial charge in [0, 0.05) is 18.2 Å². The maximum absolute atomic E-state index is 12.0. The number of carboxylic acid groups (broad SMARTS) is 1. The van der Waals surface area contributed by atoms with Crippen LogP contribution in [0.3, 0.4) is 0 Å². The minimum Gasteiger partial charge on any atom is -0.480 e. The summed E-state index contributed by atoms with van der Waals surface area (Å²) in [5.41, 5.74) is 0.515. The lowest BCUT2D eigenvalue weighted by Crippen LogP contribution is -2.55. The van der Waals surface area contributed by atoms with E-state index in [0.717, 1.165) is 4.90 Å². The van der Waals surface area contributed by atoms with Gasteiger partial charge in [0.05, 0.1) is 0 Å². The molecule has 2 amide bonds. The molecule has 1 aromatic rings. The second kappa shape index (κ2) is 6.58. The minimum absolute atomic E-state index is 0.0951. The van der Waals surface area contributed by atoms with Gasteiger partial charge in [0.1, 0.15) is 6.04 Å². The molecule has 1 heterocycles. The van der Waals surface area contributed by atoms with Gasteiger partial charge in [-0.2, -0.15) is 0 Å². The molecule has 21 heavy (non-hydrogen) atoms. The van der Waals surface area contributed by atoms with Crippen molar-refractivity contribution in [1.82, 2.24) is 10.2 Å². The average molecular weight is 311 g/mol. The van der Waals surface area contributed by atoms with Crippen molar-refractivity contribution < 1.29 is 19.5 Å². The molecule has 1 aliphatic heterocycles. The first-order chi connectivity index (χ1) is 9.99. The second-order valence-electron chi connectivity index (χ2n) is 4.87. The Hall–Kier alpha value is -2.08. The van der Waals surface area contributed by atoms with Crippen molar-refractivity contribution in [3.05, 3.63) is 35.9 Å².